The zero-order valence-corrected chi connectivity index (χ0v) is 14.1. The minimum atomic E-state index is -0.938. The third-order valence-corrected chi connectivity index (χ3v) is 3.66. The molecule has 0 saturated heterocycles. The third kappa shape index (κ3) is 4.76. The third-order valence-electron chi connectivity index (χ3n) is 2.97. The summed E-state index contributed by atoms with van der Waals surface area (Å²) in [6.45, 7) is 1.46. The van der Waals surface area contributed by atoms with E-state index in [1.54, 1.807) is 0 Å². The van der Waals surface area contributed by atoms with Gasteiger partial charge in [-0.3, -0.25) is 20.4 Å². The van der Waals surface area contributed by atoms with Gasteiger partial charge < -0.3 is 4.74 Å². The number of carbonyl (C=O) groups is 2. The molecule has 0 spiro atoms. The minimum Gasteiger partial charge on any atom is -0.481 e. The number of hydrogen-bond acceptors (Lipinski definition) is 3. The lowest BCUT2D eigenvalue weighted by molar-refractivity contribution is -0.128. The smallest absolute Gasteiger partial charge is 0.279 e. The average Bonchev–Trinajstić information content (AvgIpc) is 2.56. The molecule has 2 N–H and O–H groups in total. The summed E-state index contributed by atoms with van der Waals surface area (Å²) in [7, 11) is 0. The van der Waals surface area contributed by atoms with Gasteiger partial charge in [-0.1, -0.05) is 0 Å². The predicted molar refractivity (Wildman–Crippen MR) is 86.2 cm³/mol. The highest BCUT2D eigenvalue weighted by atomic mass is 79.9. The van der Waals surface area contributed by atoms with Gasteiger partial charge in [0.15, 0.2) is 6.10 Å². The molecule has 0 saturated carbocycles. The monoisotopic (exact) mass is 398 g/mol. The molecule has 0 heterocycles. The largest absolute Gasteiger partial charge is 0.481 e. The Kier molecular flexibility index (Phi) is 5.86. The van der Waals surface area contributed by atoms with Crippen LogP contribution in [0.4, 0.5) is 8.78 Å². The normalized spacial score (nSPS) is 11.5. The number of halogens is 3. The zero-order valence-electron chi connectivity index (χ0n) is 12.5. The summed E-state index contributed by atoms with van der Waals surface area (Å²) in [5, 5.41) is 0. The average molecular weight is 399 g/mol. The highest BCUT2D eigenvalue weighted by Crippen LogP contribution is 2.17. The van der Waals surface area contributed by atoms with Gasteiger partial charge >= 0.3 is 0 Å². The van der Waals surface area contributed by atoms with Crippen LogP contribution in [0.1, 0.15) is 17.3 Å². The van der Waals surface area contributed by atoms with Crippen LogP contribution in [0.2, 0.25) is 0 Å². The Labute approximate surface area is 145 Å². The van der Waals surface area contributed by atoms with Crippen molar-refractivity contribution < 1.29 is 23.1 Å². The first-order valence-electron chi connectivity index (χ1n) is 6.84. The highest BCUT2D eigenvalue weighted by Gasteiger charge is 2.17. The van der Waals surface area contributed by atoms with E-state index in [0.29, 0.717) is 10.2 Å². The van der Waals surface area contributed by atoms with Crippen molar-refractivity contribution in [2.45, 2.75) is 13.0 Å². The summed E-state index contributed by atoms with van der Waals surface area (Å²) in [5.74, 6) is -2.02. The molecule has 1 atom stereocenters. The molecule has 2 rings (SSSR count). The Bertz CT molecular complexity index is 753. The maximum atomic E-state index is 13.2. The Morgan fingerprint density at radius 3 is 2.33 bits per heavy atom. The first-order valence-corrected chi connectivity index (χ1v) is 7.63. The summed E-state index contributed by atoms with van der Waals surface area (Å²) in [5.41, 5.74) is 4.38. The summed E-state index contributed by atoms with van der Waals surface area (Å²) in [6.07, 6.45) is -0.938. The van der Waals surface area contributed by atoms with Crippen molar-refractivity contribution in [1.82, 2.24) is 10.9 Å². The second-order valence-corrected chi connectivity index (χ2v) is 5.64. The van der Waals surface area contributed by atoms with Gasteiger partial charge in [-0.05, 0) is 65.3 Å². The van der Waals surface area contributed by atoms with Crippen LogP contribution < -0.4 is 15.6 Å². The number of carbonyl (C=O) groups excluding carboxylic acids is 2. The molecule has 0 unspecified atom stereocenters. The van der Waals surface area contributed by atoms with E-state index in [1.807, 2.05) is 0 Å². The first-order chi connectivity index (χ1) is 11.4. The second-order valence-electron chi connectivity index (χ2n) is 4.78. The highest BCUT2D eigenvalue weighted by molar-refractivity contribution is 9.10. The Balaban J connectivity index is 1.91. The van der Waals surface area contributed by atoms with Crippen LogP contribution in [0.25, 0.3) is 0 Å². The van der Waals surface area contributed by atoms with E-state index >= 15 is 0 Å². The van der Waals surface area contributed by atoms with E-state index in [-0.39, 0.29) is 5.56 Å². The molecule has 0 aliphatic rings. The summed E-state index contributed by atoms with van der Waals surface area (Å²) in [6, 6.07) is 8.75. The minimum absolute atomic E-state index is 0.0300. The van der Waals surface area contributed by atoms with Gasteiger partial charge in [-0.2, -0.15) is 0 Å². The fourth-order valence-corrected chi connectivity index (χ4v) is 2.16. The predicted octanol–water partition coefficient (Wildman–Crippen LogP) is 2.96. The summed E-state index contributed by atoms with van der Waals surface area (Å²) < 4.78 is 31.7. The van der Waals surface area contributed by atoms with Crippen molar-refractivity contribution in [3.8, 4) is 5.75 Å². The van der Waals surface area contributed by atoms with Crippen molar-refractivity contribution >= 4 is 27.7 Å². The molecule has 5 nitrogen and oxygen atoms in total. The topological polar surface area (TPSA) is 67.4 Å². The number of hydrazine groups is 1. The van der Waals surface area contributed by atoms with Crippen molar-refractivity contribution in [1.29, 1.82) is 0 Å². The molecule has 2 aromatic carbocycles. The summed E-state index contributed by atoms with van der Waals surface area (Å²) >= 11 is 3.12. The van der Waals surface area contributed by atoms with E-state index in [1.165, 1.54) is 43.3 Å². The number of amides is 2. The number of rotatable bonds is 4. The number of ether oxygens (including phenoxy) is 1. The van der Waals surface area contributed by atoms with E-state index < -0.39 is 29.6 Å². The SMILES string of the molecule is C[C@@H](Oc1ccc(F)cc1)C(=O)NNC(=O)c1cc(F)ccc1Br. The number of benzene rings is 2. The Morgan fingerprint density at radius 1 is 1.04 bits per heavy atom. The molecule has 0 fully saturated rings. The van der Waals surface area contributed by atoms with Crippen molar-refractivity contribution in [2.75, 3.05) is 0 Å². The molecule has 0 radical (unpaired) electrons. The van der Waals surface area contributed by atoms with Crippen molar-refractivity contribution in [3.05, 3.63) is 64.1 Å². The lowest BCUT2D eigenvalue weighted by Gasteiger charge is -2.15. The lowest BCUT2D eigenvalue weighted by atomic mass is 10.2. The van der Waals surface area contributed by atoms with Crippen LogP contribution in [0.15, 0.2) is 46.9 Å². The zero-order chi connectivity index (χ0) is 17.7. The second kappa shape index (κ2) is 7.87. The van der Waals surface area contributed by atoms with E-state index in [0.717, 1.165) is 6.07 Å². The maximum absolute atomic E-state index is 13.2. The van der Waals surface area contributed by atoms with Crippen molar-refractivity contribution in [3.63, 3.8) is 0 Å². The van der Waals surface area contributed by atoms with Crippen LogP contribution in [-0.2, 0) is 4.79 Å². The van der Waals surface area contributed by atoms with Gasteiger partial charge in [0.1, 0.15) is 17.4 Å². The van der Waals surface area contributed by atoms with Gasteiger partial charge in [-0.15, -0.1) is 0 Å². The number of nitrogens with one attached hydrogen (secondary N) is 2. The van der Waals surface area contributed by atoms with Gasteiger partial charge in [0.05, 0.1) is 5.56 Å². The van der Waals surface area contributed by atoms with Crippen LogP contribution in [0, 0.1) is 11.6 Å². The fraction of sp³-hybridized carbons (Fsp3) is 0.125. The fourth-order valence-electron chi connectivity index (χ4n) is 1.73. The van der Waals surface area contributed by atoms with Crippen molar-refractivity contribution in [2.24, 2.45) is 0 Å². The molecule has 0 bridgehead atoms. The van der Waals surface area contributed by atoms with Gasteiger partial charge in [0.2, 0.25) is 0 Å². The van der Waals surface area contributed by atoms with Gasteiger partial charge in [0, 0.05) is 4.47 Å². The molecule has 0 aromatic heterocycles. The van der Waals surface area contributed by atoms with Crippen LogP contribution in [-0.4, -0.2) is 17.9 Å². The van der Waals surface area contributed by atoms with Gasteiger partial charge in [0.25, 0.3) is 11.8 Å². The van der Waals surface area contributed by atoms with Crippen LogP contribution in [0.5, 0.6) is 5.75 Å². The number of hydrogen-bond donors (Lipinski definition) is 2. The maximum Gasteiger partial charge on any atom is 0.279 e. The molecular formula is C16H13BrF2N2O3. The molecule has 0 aliphatic heterocycles. The Hall–Kier alpha value is -2.48. The molecule has 8 heteroatoms. The molecule has 24 heavy (non-hydrogen) atoms. The van der Waals surface area contributed by atoms with Crippen LogP contribution in [0.3, 0.4) is 0 Å². The Morgan fingerprint density at radius 2 is 1.67 bits per heavy atom. The molecular weight excluding hydrogens is 386 g/mol. The van der Waals surface area contributed by atoms with Crippen LogP contribution >= 0.6 is 15.9 Å². The lowest BCUT2D eigenvalue weighted by Crippen LogP contribution is -2.47. The van der Waals surface area contributed by atoms with E-state index in [4.69, 9.17) is 4.74 Å². The molecule has 2 aromatic rings. The molecule has 2 amide bonds. The van der Waals surface area contributed by atoms with Gasteiger partial charge in [-0.25, -0.2) is 8.78 Å². The van der Waals surface area contributed by atoms with E-state index in [2.05, 4.69) is 26.8 Å². The van der Waals surface area contributed by atoms with E-state index in [9.17, 15) is 18.4 Å². The first kappa shape index (κ1) is 17.9. The molecule has 126 valence electrons. The quantitative estimate of drug-likeness (QED) is 0.778. The standard InChI is InChI=1S/C16H13BrF2N2O3/c1-9(24-12-5-2-10(18)3-6-12)15(22)20-21-16(23)13-8-11(19)4-7-14(13)17/h2-9H,1H3,(H,20,22)(H,21,23)/t9-/m1/s1. The summed E-state index contributed by atoms with van der Waals surface area (Å²) in [4.78, 5) is 23.8. The molecule has 0 aliphatic carbocycles.